The number of aromatic nitrogens is 1. The van der Waals surface area contributed by atoms with Gasteiger partial charge < -0.3 is 33.9 Å². The number of hydrogen-bond donors (Lipinski definition) is 3. The number of nitrogens with zero attached hydrogens (tertiary/aromatic N) is 1. The van der Waals surface area contributed by atoms with Crippen molar-refractivity contribution >= 4 is 41.3 Å². The van der Waals surface area contributed by atoms with Crippen molar-refractivity contribution in [2.75, 3.05) is 6.61 Å². The fourth-order valence-electron chi connectivity index (χ4n) is 1.73. The van der Waals surface area contributed by atoms with E-state index >= 15 is 0 Å². The van der Waals surface area contributed by atoms with Crippen molar-refractivity contribution in [3.8, 4) is 0 Å². The second-order valence-electron chi connectivity index (χ2n) is 4.32. The summed E-state index contributed by atoms with van der Waals surface area (Å²) in [5, 5.41) is 26.1. The summed E-state index contributed by atoms with van der Waals surface area (Å²) in [5.74, 6) is 0. The fourth-order valence-corrected chi connectivity index (χ4v) is 2.63. The second-order valence-corrected chi connectivity index (χ2v) is 5.37. The minimum absolute atomic E-state index is 0.0261. The molecule has 12 heteroatoms. The Morgan fingerprint density at radius 1 is 1.08 bits per heavy atom. The Kier molecular flexibility index (Phi) is 5.89. The molecule has 2 unspecified atom stereocenters. The number of benzene rings is 1. The van der Waals surface area contributed by atoms with E-state index in [9.17, 15) is 14.4 Å². The van der Waals surface area contributed by atoms with E-state index in [1.165, 1.54) is 0 Å². The van der Waals surface area contributed by atoms with E-state index in [-0.39, 0.29) is 5.22 Å². The van der Waals surface area contributed by atoms with Gasteiger partial charge in [-0.3, -0.25) is 0 Å². The summed E-state index contributed by atoms with van der Waals surface area (Å²) in [4.78, 5) is 36.2. The lowest BCUT2D eigenvalue weighted by molar-refractivity contribution is -0.0381. The van der Waals surface area contributed by atoms with Crippen LogP contribution in [0.1, 0.15) is 0 Å². The highest BCUT2D eigenvalue weighted by molar-refractivity contribution is 7.99. The number of oxazole rings is 1. The molecule has 11 nitrogen and oxygen atoms in total. The van der Waals surface area contributed by atoms with Crippen LogP contribution in [-0.4, -0.2) is 56.9 Å². The molecule has 0 aliphatic carbocycles. The van der Waals surface area contributed by atoms with Crippen LogP contribution in [-0.2, 0) is 14.2 Å². The number of fused-ring (bicyclic) bond motifs is 1. The third-order valence-corrected chi connectivity index (χ3v) is 3.64. The minimum atomic E-state index is -1.77. The first-order valence-corrected chi connectivity index (χ1v) is 7.40. The van der Waals surface area contributed by atoms with E-state index < -0.39 is 36.6 Å². The molecule has 134 valence electrons. The molecule has 2 rings (SSSR count). The van der Waals surface area contributed by atoms with E-state index in [4.69, 9.17) is 19.7 Å². The van der Waals surface area contributed by atoms with Crippen molar-refractivity contribution in [3.05, 3.63) is 24.3 Å². The second kappa shape index (κ2) is 8.10. The topological polar surface area (TPSA) is 166 Å². The molecular weight excluding hydrogens is 362 g/mol. The average Bonchev–Trinajstić information content (AvgIpc) is 2.92. The van der Waals surface area contributed by atoms with Crippen LogP contribution in [0, 0.1) is 0 Å². The Morgan fingerprint density at radius 2 is 1.76 bits per heavy atom. The maximum Gasteiger partial charge on any atom is 0.507 e. The van der Waals surface area contributed by atoms with Gasteiger partial charge in [-0.05, 0) is 23.9 Å². The Bertz CT molecular complexity index is 742. The normalized spacial score (nSPS) is 13.0. The lowest BCUT2D eigenvalue weighted by atomic mass is 10.3. The standard InChI is InChI=1S/C13H11NO10S/c15-11(16)21-5-8(23-12(17)18)9(24-13(19)20)25-10-14-6-3-1-2-4-7(6)22-10/h1-4,8-9H,5H2,(H,15,16)(H,17,18)(H,19,20). The van der Waals surface area contributed by atoms with Crippen LogP contribution in [0.3, 0.4) is 0 Å². The van der Waals surface area contributed by atoms with Crippen molar-refractivity contribution in [3.63, 3.8) is 0 Å². The number of ether oxygens (including phenoxy) is 3. The molecule has 2 aromatic rings. The van der Waals surface area contributed by atoms with Crippen molar-refractivity contribution in [1.82, 2.24) is 4.98 Å². The predicted octanol–water partition coefficient (Wildman–Crippen LogP) is 2.70. The first-order valence-electron chi connectivity index (χ1n) is 6.52. The van der Waals surface area contributed by atoms with Crippen LogP contribution < -0.4 is 0 Å². The van der Waals surface area contributed by atoms with Gasteiger partial charge >= 0.3 is 18.5 Å². The van der Waals surface area contributed by atoms with Gasteiger partial charge in [-0.15, -0.1) is 0 Å². The maximum atomic E-state index is 10.9. The van der Waals surface area contributed by atoms with Crippen molar-refractivity contribution < 1.29 is 48.3 Å². The number of thioether (sulfide) groups is 1. The summed E-state index contributed by atoms with van der Waals surface area (Å²) in [6.07, 6.45) is -6.77. The molecule has 0 saturated heterocycles. The lowest BCUT2D eigenvalue weighted by Crippen LogP contribution is -2.36. The van der Waals surface area contributed by atoms with E-state index in [1.807, 2.05) is 0 Å². The van der Waals surface area contributed by atoms with Crippen LogP contribution in [0.25, 0.3) is 11.1 Å². The van der Waals surface area contributed by atoms with Crippen LogP contribution in [0.2, 0.25) is 0 Å². The molecule has 1 aromatic heterocycles. The quantitative estimate of drug-likeness (QED) is 0.281. The van der Waals surface area contributed by atoms with E-state index in [1.54, 1.807) is 24.3 Å². The molecule has 0 saturated carbocycles. The summed E-state index contributed by atoms with van der Waals surface area (Å²) < 4.78 is 18.7. The zero-order valence-electron chi connectivity index (χ0n) is 12.2. The molecule has 3 N–H and O–H groups in total. The van der Waals surface area contributed by atoms with Gasteiger partial charge in [0.05, 0.1) is 0 Å². The highest BCUT2D eigenvalue weighted by atomic mass is 32.2. The van der Waals surface area contributed by atoms with Crippen LogP contribution in [0.4, 0.5) is 14.4 Å². The van der Waals surface area contributed by atoms with Crippen LogP contribution in [0.5, 0.6) is 0 Å². The molecule has 0 aliphatic rings. The Labute approximate surface area is 143 Å². The summed E-state index contributed by atoms with van der Waals surface area (Å²) in [6.45, 7) is -0.785. The predicted molar refractivity (Wildman–Crippen MR) is 79.6 cm³/mol. The zero-order valence-corrected chi connectivity index (χ0v) is 13.0. The highest BCUT2D eigenvalue weighted by Crippen LogP contribution is 2.30. The molecule has 0 aliphatic heterocycles. The monoisotopic (exact) mass is 373 g/mol. The number of carbonyl (C=O) groups is 3. The van der Waals surface area contributed by atoms with Gasteiger partial charge in [0, 0.05) is 0 Å². The third kappa shape index (κ3) is 5.46. The smallest absolute Gasteiger partial charge is 0.450 e. The number of rotatable bonds is 7. The maximum absolute atomic E-state index is 10.9. The molecule has 0 fully saturated rings. The summed E-state index contributed by atoms with van der Waals surface area (Å²) in [5.41, 5.74) is -0.617. The van der Waals surface area contributed by atoms with E-state index in [0.29, 0.717) is 22.9 Å². The molecular formula is C13H11NO10S. The average molecular weight is 373 g/mol. The lowest BCUT2D eigenvalue weighted by Gasteiger charge is -2.22. The Balaban J connectivity index is 2.22. The minimum Gasteiger partial charge on any atom is -0.450 e. The van der Waals surface area contributed by atoms with Gasteiger partial charge in [0.1, 0.15) is 12.1 Å². The Hall–Kier alpha value is -3.15. The molecule has 1 heterocycles. The number of carboxylic acid groups (broad SMARTS) is 3. The first kappa shape index (κ1) is 18.2. The van der Waals surface area contributed by atoms with Crippen molar-refractivity contribution in [1.29, 1.82) is 0 Å². The van der Waals surface area contributed by atoms with E-state index in [2.05, 4.69) is 19.2 Å². The van der Waals surface area contributed by atoms with Crippen molar-refractivity contribution in [2.24, 2.45) is 0 Å². The van der Waals surface area contributed by atoms with Gasteiger partial charge in [0.25, 0.3) is 5.22 Å². The third-order valence-electron chi connectivity index (χ3n) is 2.64. The molecule has 0 amide bonds. The van der Waals surface area contributed by atoms with Gasteiger partial charge in [-0.1, -0.05) is 12.1 Å². The van der Waals surface area contributed by atoms with Crippen molar-refractivity contribution in [2.45, 2.75) is 16.8 Å². The Morgan fingerprint density at radius 3 is 2.36 bits per heavy atom. The summed E-state index contributed by atoms with van der Waals surface area (Å²) in [6, 6.07) is 6.68. The number of para-hydroxylation sites is 2. The molecule has 2 atom stereocenters. The van der Waals surface area contributed by atoms with Gasteiger partial charge in [-0.2, -0.15) is 0 Å². The largest absolute Gasteiger partial charge is 0.507 e. The molecule has 0 spiro atoms. The SMILES string of the molecule is O=C(O)OCC(OC(=O)O)C(OC(=O)O)Sc1nc2ccccc2o1. The molecule has 1 aromatic carbocycles. The van der Waals surface area contributed by atoms with Gasteiger partial charge in [0.2, 0.25) is 0 Å². The highest BCUT2D eigenvalue weighted by Gasteiger charge is 2.33. The van der Waals surface area contributed by atoms with Crippen LogP contribution >= 0.6 is 11.8 Å². The van der Waals surface area contributed by atoms with Gasteiger partial charge in [0.15, 0.2) is 17.1 Å². The molecule has 0 radical (unpaired) electrons. The van der Waals surface area contributed by atoms with E-state index in [0.717, 1.165) is 0 Å². The first-order chi connectivity index (χ1) is 11.8. The molecule has 0 bridgehead atoms. The summed E-state index contributed by atoms with van der Waals surface area (Å²) >= 11 is 0.602. The fraction of sp³-hybridized carbons (Fsp3) is 0.231. The summed E-state index contributed by atoms with van der Waals surface area (Å²) in [7, 11) is 0. The van der Waals surface area contributed by atoms with Crippen LogP contribution in [0.15, 0.2) is 33.9 Å². The molecule has 25 heavy (non-hydrogen) atoms. The van der Waals surface area contributed by atoms with Gasteiger partial charge in [-0.25, -0.2) is 19.4 Å². The number of hydrogen-bond acceptors (Lipinski definition) is 9. The zero-order chi connectivity index (χ0) is 18.4.